The molecule has 2 fully saturated rings. The minimum absolute atomic E-state index is 0.00273. The van der Waals surface area contributed by atoms with Crippen LogP contribution in [0.3, 0.4) is 0 Å². The monoisotopic (exact) mass is 729 g/mol. The van der Waals surface area contributed by atoms with Crippen LogP contribution < -0.4 is 16.0 Å². The Bertz CT molecular complexity index is 1350. The van der Waals surface area contributed by atoms with Crippen LogP contribution in [0.4, 0.5) is 0 Å². The molecular weight excluding hydrogens is 666 g/mol. The van der Waals surface area contributed by atoms with Gasteiger partial charge < -0.3 is 40.3 Å². The number of rotatable bonds is 19. The summed E-state index contributed by atoms with van der Waals surface area (Å²) in [6.45, 7) is 13.3. The van der Waals surface area contributed by atoms with Crippen LogP contribution in [0.25, 0.3) is 0 Å². The largest absolute Gasteiger partial charge is 0.480 e. The lowest BCUT2D eigenvalue weighted by Gasteiger charge is -2.41. The Morgan fingerprint density at radius 2 is 1.73 bits per heavy atom. The van der Waals surface area contributed by atoms with Gasteiger partial charge in [0.05, 0.1) is 42.0 Å². The van der Waals surface area contributed by atoms with E-state index in [1.165, 1.54) is 7.11 Å². The number of likely N-dealkylation sites (N-methyl/N-ethyl adjacent to an activating group) is 1. The third-order valence-corrected chi connectivity index (χ3v) is 11.3. The lowest BCUT2D eigenvalue weighted by atomic mass is 9.87. The van der Waals surface area contributed by atoms with Crippen LogP contribution in [0.15, 0.2) is 30.3 Å². The van der Waals surface area contributed by atoms with Crippen LogP contribution in [0, 0.1) is 23.2 Å². The molecule has 1 aromatic carbocycles. The summed E-state index contributed by atoms with van der Waals surface area (Å²) in [4.78, 5) is 70.6. The third-order valence-electron chi connectivity index (χ3n) is 11.3. The maximum absolute atomic E-state index is 14.2. The number of carbonyl (C=O) groups is 5. The summed E-state index contributed by atoms with van der Waals surface area (Å²) in [5.74, 6) is -3.12. The summed E-state index contributed by atoms with van der Waals surface area (Å²) in [5.41, 5.74) is 0.198. The fourth-order valence-electron chi connectivity index (χ4n) is 7.72. The highest BCUT2D eigenvalue weighted by Gasteiger charge is 2.44. The summed E-state index contributed by atoms with van der Waals surface area (Å²) < 4.78 is 11.9. The SMILES string of the molecule is CC[C@H](C)[C@@H]([C@@H](CC(=O)N1CCC[C@H]1[C@H](OC)[C@@H](C)C(=O)N[C@@H](Cc1ccccc1)C(=O)O)OC)N(C)C(=O)[C@@H](NC(=O)[C@@]1(C)CCNC1)C(C)C. The number of nitrogens with one attached hydrogen (secondary N) is 3. The maximum Gasteiger partial charge on any atom is 0.326 e. The molecule has 2 saturated heterocycles. The fraction of sp³-hybridized carbons (Fsp3) is 0.718. The first-order chi connectivity index (χ1) is 24.6. The number of hydrogen-bond donors (Lipinski definition) is 4. The normalized spacial score (nSPS) is 22.9. The zero-order valence-corrected chi connectivity index (χ0v) is 32.6. The second kappa shape index (κ2) is 19.5. The molecule has 0 aliphatic carbocycles. The average molecular weight is 730 g/mol. The van der Waals surface area contributed by atoms with Gasteiger partial charge in [0.15, 0.2) is 0 Å². The molecule has 2 aliphatic rings. The van der Waals surface area contributed by atoms with E-state index in [0.29, 0.717) is 32.4 Å². The Hall–Kier alpha value is -3.55. The molecule has 0 radical (unpaired) electrons. The van der Waals surface area contributed by atoms with Crippen LogP contribution in [0.2, 0.25) is 0 Å². The standard InChI is InChI=1S/C39H63N5O8/c1-10-25(4)33(43(7)36(47)32(24(2)3)42-38(50)39(6)18-19-40-23-39)30(51-8)22-31(45)44-20-14-17-29(44)34(52-9)26(5)35(46)41-28(37(48)49)21-27-15-12-11-13-16-27/h11-13,15-16,24-26,28-30,32-34,40H,10,14,17-23H2,1-9H3,(H,41,46)(H,42,50)(H,48,49)/t25-,26+,28-,29-,30+,32-,33-,34+,39-/m0/s1. The minimum atomic E-state index is -1.14. The molecule has 0 unspecified atom stereocenters. The van der Waals surface area contributed by atoms with E-state index in [1.54, 1.807) is 30.9 Å². The molecule has 0 saturated carbocycles. The molecule has 2 heterocycles. The molecular formula is C39H63N5O8. The Labute approximate surface area is 309 Å². The van der Waals surface area contributed by atoms with E-state index < -0.39 is 59.6 Å². The summed E-state index contributed by atoms with van der Waals surface area (Å²) in [5, 5.41) is 18.8. The van der Waals surface area contributed by atoms with E-state index in [-0.39, 0.29) is 42.4 Å². The molecule has 4 N–H and O–H groups in total. The number of likely N-dealkylation sites (tertiary alicyclic amines) is 1. The zero-order chi connectivity index (χ0) is 38.7. The van der Waals surface area contributed by atoms with Gasteiger partial charge in [-0.2, -0.15) is 0 Å². The van der Waals surface area contributed by atoms with Crippen molar-refractivity contribution in [2.45, 2.75) is 116 Å². The molecule has 4 amide bonds. The number of nitrogens with zero attached hydrogens (tertiary/aromatic N) is 2. The molecule has 1 aromatic rings. The van der Waals surface area contributed by atoms with E-state index in [1.807, 2.05) is 65.0 Å². The molecule has 13 nitrogen and oxygen atoms in total. The van der Waals surface area contributed by atoms with Crippen molar-refractivity contribution >= 4 is 29.6 Å². The van der Waals surface area contributed by atoms with E-state index in [9.17, 15) is 29.1 Å². The maximum atomic E-state index is 14.2. The fourth-order valence-corrected chi connectivity index (χ4v) is 7.72. The number of amides is 4. The van der Waals surface area contributed by atoms with Gasteiger partial charge in [0.1, 0.15) is 12.1 Å². The zero-order valence-electron chi connectivity index (χ0n) is 32.6. The van der Waals surface area contributed by atoms with Crippen LogP contribution in [-0.2, 0) is 39.9 Å². The molecule has 52 heavy (non-hydrogen) atoms. The first-order valence-electron chi connectivity index (χ1n) is 18.8. The Morgan fingerprint density at radius 3 is 2.27 bits per heavy atom. The van der Waals surface area contributed by atoms with Gasteiger partial charge >= 0.3 is 5.97 Å². The van der Waals surface area contributed by atoms with Crippen molar-refractivity contribution in [1.82, 2.24) is 25.8 Å². The second-order valence-corrected chi connectivity index (χ2v) is 15.4. The van der Waals surface area contributed by atoms with Gasteiger partial charge in [-0.05, 0) is 50.1 Å². The number of hydrogen-bond acceptors (Lipinski definition) is 8. The molecule has 292 valence electrons. The molecule has 13 heteroatoms. The Balaban J connectivity index is 1.76. The molecule has 0 bridgehead atoms. The highest BCUT2D eigenvalue weighted by molar-refractivity contribution is 5.90. The van der Waals surface area contributed by atoms with Gasteiger partial charge in [-0.3, -0.25) is 19.2 Å². The summed E-state index contributed by atoms with van der Waals surface area (Å²) >= 11 is 0. The van der Waals surface area contributed by atoms with E-state index in [0.717, 1.165) is 18.5 Å². The average Bonchev–Trinajstić information content (AvgIpc) is 3.80. The number of carbonyl (C=O) groups excluding carboxylic acids is 4. The first kappa shape index (κ1) is 42.9. The highest BCUT2D eigenvalue weighted by atomic mass is 16.5. The van der Waals surface area contributed by atoms with Crippen LogP contribution in [0.5, 0.6) is 0 Å². The molecule has 0 aromatic heterocycles. The predicted molar refractivity (Wildman–Crippen MR) is 198 cm³/mol. The van der Waals surface area contributed by atoms with Crippen LogP contribution in [0.1, 0.15) is 79.2 Å². The van der Waals surface area contributed by atoms with E-state index in [2.05, 4.69) is 16.0 Å². The van der Waals surface area contributed by atoms with E-state index >= 15 is 0 Å². The number of ether oxygens (including phenoxy) is 2. The predicted octanol–water partition coefficient (Wildman–Crippen LogP) is 2.86. The summed E-state index contributed by atoms with van der Waals surface area (Å²) in [7, 11) is 4.76. The molecule has 0 spiro atoms. The molecule has 2 aliphatic heterocycles. The third kappa shape index (κ3) is 10.5. The number of carboxylic acid groups (broad SMARTS) is 1. The lowest BCUT2D eigenvalue weighted by molar-refractivity contribution is -0.148. The smallest absolute Gasteiger partial charge is 0.326 e. The Kier molecular flexibility index (Phi) is 16.1. The van der Waals surface area contributed by atoms with Crippen LogP contribution in [-0.4, -0.2) is 122 Å². The van der Waals surface area contributed by atoms with E-state index in [4.69, 9.17) is 9.47 Å². The van der Waals surface area contributed by atoms with Crippen molar-refractivity contribution < 1.29 is 38.6 Å². The van der Waals surface area contributed by atoms with Crippen molar-refractivity contribution in [3.8, 4) is 0 Å². The van der Waals surface area contributed by atoms with Crippen molar-refractivity contribution in [1.29, 1.82) is 0 Å². The van der Waals surface area contributed by atoms with Gasteiger partial charge in [0.2, 0.25) is 23.6 Å². The topological polar surface area (TPSA) is 167 Å². The van der Waals surface area contributed by atoms with Crippen molar-refractivity contribution in [2.75, 3.05) is 40.9 Å². The number of aliphatic carboxylic acids is 1. The van der Waals surface area contributed by atoms with Crippen LogP contribution >= 0.6 is 0 Å². The summed E-state index contributed by atoms with van der Waals surface area (Å²) in [6, 6.07) is 6.36. The quantitative estimate of drug-likeness (QED) is 0.168. The minimum Gasteiger partial charge on any atom is -0.480 e. The van der Waals surface area contributed by atoms with Gasteiger partial charge in [0.25, 0.3) is 0 Å². The number of benzene rings is 1. The first-order valence-corrected chi connectivity index (χ1v) is 18.8. The van der Waals surface area contributed by atoms with Gasteiger partial charge in [-0.15, -0.1) is 0 Å². The van der Waals surface area contributed by atoms with Gasteiger partial charge in [-0.1, -0.05) is 71.4 Å². The molecule has 3 rings (SSSR count). The number of methoxy groups -OCH3 is 2. The Morgan fingerprint density at radius 1 is 1.06 bits per heavy atom. The number of carboxylic acids is 1. The van der Waals surface area contributed by atoms with Gasteiger partial charge in [-0.25, -0.2) is 4.79 Å². The summed E-state index contributed by atoms with van der Waals surface area (Å²) in [6.07, 6.45) is 1.55. The lowest BCUT2D eigenvalue weighted by Crippen LogP contribution is -2.59. The van der Waals surface area contributed by atoms with Crippen molar-refractivity contribution in [2.24, 2.45) is 23.2 Å². The highest BCUT2D eigenvalue weighted by Crippen LogP contribution is 2.30. The van der Waals surface area contributed by atoms with Crippen molar-refractivity contribution in [3.63, 3.8) is 0 Å². The molecule has 9 atom stereocenters. The second-order valence-electron chi connectivity index (χ2n) is 15.4. The van der Waals surface area contributed by atoms with Crippen molar-refractivity contribution in [3.05, 3.63) is 35.9 Å². The van der Waals surface area contributed by atoms with Gasteiger partial charge in [0, 0.05) is 40.8 Å².